The number of nitrogens with one attached hydrogen (secondary N) is 2. The van der Waals surface area contributed by atoms with Gasteiger partial charge in [-0.2, -0.15) is 0 Å². The van der Waals surface area contributed by atoms with Crippen LogP contribution in [-0.4, -0.2) is 18.5 Å². The zero-order valence-corrected chi connectivity index (χ0v) is 15.1. The molecule has 0 aliphatic rings. The fourth-order valence-electron chi connectivity index (χ4n) is 2.64. The van der Waals surface area contributed by atoms with Gasteiger partial charge in [-0.15, -0.1) is 0 Å². The van der Waals surface area contributed by atoms with Gasteiger partial charge >= 0.3 is 6.03 Å². The van der Waals surface area contributed by atoms with E-state index in [1.165, 1.54) is 0 Å². The van der Waals surface area contributed by atoms with Crippen molar-refractivity contribution in [3.8, 4) is 0 Å². The second kappa shape index (κ2) is 9.20. The molecule has 0 saturated heterocycles. The number of benzene rings is 2. The van der Waals surface area contributed by atoms with Gasteiger partial charge in [-0.25, -0.2) is 4.79 Å². The van der Waals surface area contributed by atoms with Crippen molar-refractivity contribution in [2.75, 3.05) is 6.54 Å². The van der Waals surface area contributed by atoms with Gasteiger partial charge in [0.05, 0.1) is 0 Å². The number of carbonyl (C=O) groups excluding carboxylic acids is 2. The van der Waals surface area contributed by atoms with Gasteiger partial charge in [0.2, 0.25) is 0 Å². The molecule has 0 fully saturated rings. The largest absolute Gasteiger partial charge is 0.338 e. The zero-order valence-electron chi connectivity index (χ0n) is 14.3. The van der Waals surface area contributed by atoms with Gasteiger partial charge in [0, 0.05) is 22.7 Å². The standard InChI is InChI=1S/C19H22ClN3O2/c1-3-21-19(25)23-18(24)17(14-9-5-4-6-10-14)22-13(2)15-11-7-8-12-16(15)20/h4-13,17,22H,3H2,1-2H3,(H2,21,23,24,25)/p+1/t13-,17+/m1/s1. The van der Waals surface area contributed by atoms with Crippen molar-refractivity contribution in [2.24, 2.45) is 0 Å². The fraction of sp³-hybridized carbons (Fsp3) is 0.263. The summed E-state index contributed by atoms with van der Waals surface area (Å²) in [5, 5.41) is 7.53. The second-order valence-electron chi connectivity index (χ2n) is 5.74. The molecule has 0 aromatic heterocycles. The lowest BCUT2D eigenvalue weighted by Crippen LogP contribution is -2.88. The highest BCUT2D eigenvalue weighted by molar-refractivity contribution is 6.31. The van der Waals surface area contributed by atoms with E-state index in [9.17, 15) is 9.59 Å². The van der Waals surface area contributed by atoms with Gasteiger partial charge in [-0.1, -0.05) is 60.1 Å². The van der Waals surface area contributed by atoms with Crippen molar-refractivity contribution < 1.29 is 14.9 Å². The molecule has 0 unspecified atom stereocenters. The Morgan fingerprint density at radius 3 is 2.36 bits per heavy atom. The average Bonchev–Trinajstić information content (AvgIpc) is 2.60. The van der Waals surface area contributed by atoms with Gasteiger partial charge in [0.15, 0.2) is 6.04 Å². The first kappa shape index (κ1) is 19.0. The summed E-state index contributed by atoms with van der Waals surface area (Å²) in [6, 6.07) is 15.8. The molecule has 0 saturated carbocycles. The average molecular weight is 361 g/mol. The van der Waals surface area contributed by atoms with E-state index >= 15 is 0 Å². The summed E-state index contributed by atoms with van der Waals surface area (Å²) in [6.07, 6.45) is 0. The van der Waals surface area contributed by atoms with Gasteiger partial charge < -0.3 is 10.6 Å². The normalized spacial score (nSPS) is 12.9. The predicted octanol–water partition coefficient (Wildman–Crippen LogP) is 2.55. The molecule has 3 amide bonds. The summed E-state index contributed by atoms with van der Waals surface area (Å²) in [5.41, 5.74) is 1.76. The first-order chi connectivity index (χ1) is 12.0. The number of urea groups is 1. The van der Waals surface area contributed by atoms with Crippen LogP contribution in [-0.2, 0) is 4.79 Å². The Kier molecular flexibility index (Phi) is 6.98. The molecule has 5 nitrogen and oxygen atoms in total. The second-order valence-corrected chi connectivity index (χ2v) is 6.15. The maximum atomic E-state index is 12.6. The molecule has 0 radical (unpaired) electrons. The number of carbonyl (C=O) groups is 2. The smallest absolute Gasteiger partial charge is 0.321 e. The van der Waals surface area contributed by atoms with Crippen LogP contribution in [0.15, 0.2) is 54.6 Å². The Morgan fingerprint density at radius 1 is 1.08 bits per heavy atom. The number of quaternary nitrogens is 1. The quantitative estimate of drug-likeness (QED) is 0.740. The van der Waals surface area contributed by atoms with E-state index in [2.05, 4.69) is 10.6 Å². The minimum absolute atomic E-state index is 0.0566. The van der Waals surface area contributed by atoms with Gasteiger partial charge in [-0.3, -0.25) is 10.1 Å². The van der Waals surface area contributed by atoms with Crippen LogP contribution in [0.2, 0.25) is 5.02 Å². The third kappa shape index (κ3) is 5.31. The fourth-order valence-corrected chi connectivity index (χ4v) is 2.95. The maximum absolute atomic E-state index is 12.6. The molecule has 2 aromatic rings. The van der Waals surface area contributed by atoms with Crippen molar-refractivity contribution in [1.29, 1.82) is 0 Å². The SMILES string of the molecule is CCNC(=O)NC(=O)[C@@H]([NH2+][C@H](C)c1ccccc1Cl)c1ccccc1. The first-order valence-corrected chi connectivity index (χ1v) is 8.63. The summed E-state index contributed by atoms with van der Waals surface area (Å²) in [7, 11) is 0. The van der Waals surface area contributed by atoms with E-state index in [1.807, 2.05) is 66.8 Å². The van der Waals surface area contributed by atoms with Crippen LogP contribution in [0.4, 0.5) is 4.79 Å². The monoisotopic (exact) mass is 360 g/mol. The number of rotatable bonds is 6. The van der Waals surface area contributed by atoms with Crippen LogP contribution in [0.3, 0.4) is 0 Å². The molecular formula is C19H23ClN3O2+. The maximum Gasteiger partial charge on any atom is 0.321 e. The number of imide groups is 1. The molecule has 0 heterocycles. The minimum Gasteiger partial charge on any atom is -0.338 e. The van der Waals surface area contributed by atoms with E-state index < -0.39 is 12.1 Å². The number of hydrogen-bond acceptors (Lipinski definition) is 2. The lowest BCUT2D eigenvalue weighted by atomic mass is 10.0. The molecule has 0 aliphatic carbocycles. The number of hydrogen-bond donors (Lipinski definition) is 3. The summed E-state index contributed by atoms with van der Waals surface area (Å²) < 4.78 is 0. The van der Waals surface area contributed by atoms with Crippen LogP contribution >= 0.6 is 11.6 Å². The van der Waals surface area contributed by atoms with Crippen molar-refractivity contribution in [1.82, 2.24) is 10.6 Å². The molecule has 0 aliphatic heterocycles. The molecule has 6 heteroatoms. The predicted molar refractivity (Wildman–Crippen MR) is 98.2 cm³/mol. The molecule has 2 aromatic carbocycles. The van der Waals surface area contributed by atoms with Crippen LogP contribution in [0.5, 0.6) is 0 Å². The molecule has 132 valence electrons. The van der Waals surface area contributed by atoms with Crippen LogP contribution in [0.25, 0.3) is 0 Å². The molecule has 0 spiro atoms. The summed E-state index contributed by atoms with van der Waals surface area (Å²) in [5.74, 6) is -0.365. The lowest BCUT2D eigenvalue weighted by Gasteiger charge is -2.20. The third-order valence-corrected chi connectivity index (χ3v) is 4.24. The highest BCUT2D eigenvalue weighted by Crippen LogP contribution is 2.21. The Morgan fingerprint density at radius 2 is 1.72 bits per heavy atom. The highest BCUT2D eigenvalue weighted by Gasteiger charge is 2.28. The van der Waals surface area contributed by atoms with Gasteiger partial charge in [-0.05, 0) is 19.9 Å². The van der Waals surface area contributed by atoms with Crippen LogP contribution < -0.4 is 16.0 Å². The number of amides is 3. The van der Waals surface area contributed by atoms with E-state index in [4.69, 9.17) is 11.6 Å². The third-order valence-electron chi connectivity index (χ3n) is 3.89. The molecule has 2 rings (SSSR count). The molecule has 4 N–H and O–H groups in total. The van der Waals surface area contributed by atoms with E-state index in [0.717, 1.165) is 11.1 Å². The van der Waals surface area contributed by atoms with E-state index in [-0.39, 0.29) is 11.9 Å². The summed E-state index contributed by atoms with van der Waals surface area (Å²) in [4.78, 5) is 24.4. The minimum atomic E-state index is -0.560. The molecule has 0 bridgehead atoms. The Bertz CT molecular complexity index is 722. The van der Waals surface area contributed by atoms with Crippen LogP contribution in [0.1, 0.15) is 37.1 Å². The van der Waals surface area contributed by atoms with Crippen molar-refractivity contribution in [2.45, 2.75) is 25.9 Å². The van der Waals surface area contributed by atoms with E-state index in [1.54, 1.807) is 6.92 Å². The van der Waals surface area contributed by atoms with Crippen molar-refractivity contribution >= 4 is 23.5 Å². The number of nitrogens with two attached hydrogens (primary N) is 1. The van der Waals surface area contributed by atoms with Gasteiger partial charge in [0.25, 0.3) is 5.91 Å². The Hall–Kier alpha value is -2.37. The highest BCUT2D eigenvalue weighted by atomic mass is 35.5. The first-order valence-electron chi connectivity index (χ1n) is 8.26. The van der Waals surface area contributed by atoms with Crippen molar-refractivity contribution in [3.05, 3.63) is 70.7 Å². The Labute approximate surface area is 152 Å². The molecule has 25 heavy (non-hydrogen) atoms. The zero-order chi connectivity index (χ0) is 18.2. The van der Waals surface area contributed by atoms with Crippen molar-refractivity contribution in [3.63, 3.8) is 0 Å². The van der Waals surface area contributed by atoms with Gasteiger partial charge in [0.1, 0.15) is 6.04 Å². The molecule has 2 atom stereocenters. The Balaban J connectivity index is 2.22. The van der Waals surface area contributed by atoms with E-state index in [0.29, 0.717) is 11.6 Å². The summed E-state index contributed by atoms with van der Waals surface area (Å²) >= 11 is 6.27. The summed E-state index contributed by atoms with van der Waals surface area (Å²) in [6.45, 7) is 4.23. The lowest BCUT2D eigenvalue weighted by molar-refractivity contribution is -0.719. The van der Waals surface area contributed by atoms with Crippen LogP contribution in [0, 0.1) is 0 Å². The topological polar surface area (TPSA) is 74.8 Å². The number of halogens is 1. The molecular weight excluding hydrogens is 338 g/mol.